The quantitative estimate of drug-likeness (QED) is 0.899. The van der Waals surface area contributed by atoms with Crippen LogP contribution < -0.4 is 5.73 Å². The van der Waals surface area contributed by atoms with E-state index in [4.69, 9.17) is 11.0 Å². The molecular weight excluding hydrogens is 240 g/mol. The third-order valence-corrected chi connectivity index (χ3v) is 2.83. The highest BCUT2D eigenvalue weighted by Gasteiger charge is 2.07. The van der Waals surface area contributed by atoms with Crippen LogP contribution in [0.2, 0.25) is 0 Å². The van der Waals surface area contributed by atoms with Crippen LogP contribution in [0.4, 0.5) is 0 Å². The largest absolute Gasteiger partial charge is 0.324 e. The lowest BCUT2D eigenvalue weighted by atomic mass is 10.0. The molecule has 0 saturated carbocycles. The van der Waals surface area contributed by atoms with E-state index < -0.39 is 0 Å². The first-order chi connectivity index (χ1) is 6.69. The summed E-state index contributed by atoms with van der Waals surface area (Å²) in [6.45, 7) is 2.10. The fourth-order valence-corrected chi connectivity index (χ4v) is 1.67. The van der Waals surface area contributed by atoms with Gasteiger partial charge in [0.15, 0.2) is 0 Å². The number of nitriles is 1. The van der Waals surface area contributed by atoms with Crippen LogP contribution in [0.5, 0.6) is 0 Å². The molecule has 1 aromatic rings. The lowest BCUT2D eigenvalue weighted by Crippen LogP contribution is -2.09. The maximum atomic E-state index is 8.83. The highest BCUT2D eigenvalue weighted by atomic mass is 79.9. The predicted molar refractivity (Wildman–Crippen MR) is 60.7 cm³/mol. The van der Waals surface area contributed by atoms with E-state index in [9.17, 15) is 0 Å². The highest BCUT2D eigenvalue weighted by Crippen LogP contribution is 2.22. The Kier molecular flexibility index (Phi) is 4.12. The Hall–Kier alpha value is -0.850. The van der Waals surface area contributed by atoms with Gasteiger partial charge in [-0.3, -0.25) is 0 Å². The molecule has 0 bridgehead atoms. The normalized spacial score (nSPS) is 12.1. The van der Waals surface area contributed by atoms with Gasteiger partial charge in [-0.2, -0.15) is 5.26 Å². The number of rotatable bonds is 3. The van der Waals surface area contributed by atoms with Crippen molar-refractivity contribution in [3.05, 3.63) is 33.8 Å². The van der Waals surface area contributed by atoms with Crippen molar-refractivity contribution >= 4 is 15.9 Å². The molecule has 74 valence electrons. The molecule has 0 fully saturated rings. The number of nitrogens with zero attached hydrogens (tertiary/aromatic N) is 1. The second kappa shape index (κ2) is 5.14. The van der Waals surface area contributed by atoms with Gasteiger partial charge < -0.3 is 5.73 Å². The Labute approximate surface area is 92.9 Å². The molecule has 0 amide bonds. The summed E-state index contributed by atoms with van der Waals surface area (Å²) in [7, 11) is 0. The monoisotopic (exact) mass is 252 g/mol. The van der Waals surface area contributed by atoms with Crippen LogP contribution in [0.25, 0.3) is 0 Å². The van der Waals surface area contributed by atoms with Gasteiger partial charge >= 0.3 is 0 Å². The van der Waals surface area contributed by atoms with E-state index in [1.807, 2.05) is 18.2 Å². The maximum absolute atomic E-state index is 8.83. The van der Waals surface area contributed by atoms with Crippen LogP contribution in [-0.4, -0.2) is 0 Å². The van der Waals surface area contributed by atoms with Crippen molar-refractivity contribution in [3.63, 3.8) is 0 Å². The topological polar surface area (TPSA) is 49.8 Å². The van der Waals surface area contributed by atoms with Crippen LogP contribution in [0.1, 0.15) is 36.9 Å². The van der Waals surface area contributed by atoms with Crippen LogP contribution in [0.3, 0.4) is 0 Å². The average Bonchev–Trinajstić information content (AvgIpc) is 2.19. The summed E-state index contributed by atoms with van der Waals surface area (Å²) in [5.74, 6) is 0. The van der Waals surface area contributed by atoms with E-state index in [-0.39, 0.29) is 6.04 Å². The Morgan fingerprint density at radius 3 is 2.86 bits per heavy atom. The Morgan fingerprint density at radius 2 is 2.29 bits per heavy atom. The van der Waals surface area contributed by atoms with Gasteiger partial charge in [0.1, 0.15) is 6.07 Å². The smallest absolute Gasteiger partial charge is 0.100 e. The number of benzene rings is 1. The minimum Gasteiger partial charge on any atom is -0.324 e. The number of hydrogen-bond donors (Lipinski definition) is 1. The molecule has 14 heavy (non-hydrogen) atoms. The van der Waals surface area contributed by atoms with E-state index in [0.29, 0.717) is 5.56 Å². The predicted octanol–water partition coefficient (Wildman–Crippen LogP) is 3.12. The number of hydrogen-bond acceptors (Lipinski definition) is 2. The van der Waals surface area contributed by atoms with Gasteiger partial charge in [0.25, 0.3) is 0 Å². The molecule has 1 aromatic carbocycles. The molecule has 0 aliphatic carbocycles. The minimum absolute atomic E-state index is 0.0419. The van der Waals surface area contributed by atoms with Crippen molar-refractivity contribution < 1.29 is 0 Å². The molecule has 0 unspecified atom stereocenters. The SMILES string of the molecule is CCC[C@H](N)c1ccc(Br)c(C#N)c1. The molecule has 0 spiro atoms. The second-order valence-electron chi connectivity index (χ2n) is 3.25. The molecule has 1 rings (SSSR count). The molecule has 0 aliphatic heterocycles. The van der Waals surface area contributed by atoms with Crippen molar-refractivity contribution in [1.82, 2.24) is 0 Å². The van der Waals surface area contributed by atoms with Crippen molar-refractivity contribution in [2.45, 2.75) is 25.8 Å². The lowest BCUT2D eigenvalue weighted by Gasteiger charge is -2.11. The standard InChI is InChI=1S/C11H13BrN2/c1-2-3-11(14)8-4-5-10(12)9(6-8)7-13/h4-6,11H,2-3,14H2,1H3/t11-/m0/s1. The number of halogens is 1. The van der Waals surface area contributed by atoms with E-state index in [1.165, 1.54) is 0 Å². The first kappa shape index (κ1) is 11.2. The zero-order chi connectivity index (χ0) is 10.6. The molecule has 0 aromatic heterocycles. The fourth-order valence-electron chi connectivity index (χ4n) is 1.34. The summed E-state index contributed by atoms with van der Waals surface area (Å²) < 4.78 is 0.826. The molecule has 0 heterocycles. The molecule has 2 N–H and O–H groups in total. The minimum atomic E-state index is 0.0419. The van der Waals surface area contributed by atoms with Gasteiger partial charge in [-0.05, 0) is 40.0 Å². The molecule has 0 radical (unpaired) electrons. The zero-order valence-corrected chi connectivity index (χ0v) is 9.71. The zero-order valence-electron chi connectivity index (χ0n) is 8.13. The summed E-state index contributed by atoms with van der Waals surface area (Å²) in [6, 6.07) is 7.87. The Bertz CT molecular complexity index is 355. The Morgan fingerprint density at radius 1 is 1.57 bits per heavy atom. The summed E-state index contributed by atoms with van der Waals surface area (Å²) in [5.41, 5.74) is 7.64. The van der Waals surface area contributed by atoms with E-state index in [1.54, 1.807) is 0 Å². The van der Waals surface area contributed by atoms with E-state index >= 15 is 0 Å². The molecular formula is C11H13BrN2. The lowest BCUT2D eigenvalue weighted by molar-refractivity contribution is 0.638. The molecule has 0 saturated heterocycles. The average molecular weight is 253 g/mol. The summed E-state index contributed by atoms with van der Waals surface area (Å²) in [4.78, 5) is 0. The van der Waals surface area contributed by atoms with Crippen molar-refractivity contribution in [3.8, 4) is 6.07 Å². The van der Waals surface area contributed by atoms with Crippen molar-refractivity contribution in [2.24, 2.45) is 5.73 Å². The van der Waals surface area contributed by atoms with Crippen molar-refractivity contribution in [2.75, 3.05) is 0 Å². The van der Waals surface area contributed by atoms with Gasteiger partial charge in [-0.25, -0.2) is 0 Å². The second-order valence-corrected chi connectivity index (χ2v) is 4.10. The summed E-state index contributed by atoms with van der Waals surface area (Å²) >= 11 is 3.32. The third-order valence-electron chi connectivity index (χ3n) is 2.14. The molecule has 0 aliphatic rings. The van der Waals surface area contributed by atoms with Gasteiger partial charge in [-0.1, -0.05) is 19.4 Å². The molecule has 3 heteroatoms. The maximum Gasteiger partial charge on any atom is 0.100 e. The molecule has 2 nitrogen and oxygen atoms in total. The highest BCUT2D eigenvalue weighted by molar-refractivity contribution is 9.10. The van der Waals surface area contributed by atoms with Gasteiger partial charge in [0.05, 0.1) is 5.56 Å². The van der Waals surface area contributed by atoms with Crippen LogP contribution in [-0.2, 0) is 0 Å². The van der Waals surface area contributed by atoms with Gasteiger partial charge in [-0.15, -0.1) is 0 Å². The van der Waals surface area contributed by atoms with Crippen molar-refractivity contribution in [1.29, 1.82) is 5.26 Å². The van der Waals surface area contributed by atoms with E-state index in [0.717, 1.165) is 22.9 Å². The first-order valence-electron chi connectivity index (χ1n) is 4.64. The van der Waals surface area contributed by atoms with Gasteiger partial charge in [0.2, 0.25) is 0 Å². The fraction of sp³-hybridized carbons (Fsp3) is 0.364. The molecule has 1 atom stereocenters. The van der Waals surface area contributed by atoms with Crippen LogP contribution in [0, 0.1) is 11.3 Å². The number of nitrogens with two attached hydrogens (primary N) is 1. The van der Waals surface area contributed by atoms with Crippen LogP contribution >= 0.6 is 15.9 Å². The van der Waals surface area contributed by atoms with Gasteiger partial charge in [0, 0.05) is 10.5 Å². The summed E-state index contributed by atoms with van der Waals surface area (Å²) in [5, 5.41) is 8.83. The van der Waals surface area contributed by atoms with Crippen LogP contribution in [0.15, 0.2) is 22.7 Å². The Balaban J connectivity index is 2.95. The third kappa shape index (κ3) is 2.57. The first-order valence-corrected chi connectivity index (χ1v) is 5.43. The van der Waals surface area contributed by atoms with E-state index in [2.05, 4.69) is 28.9 Å². The summed E-state index contributed by atoms with van der Waals surface area (Å²) in [6.07, 6.45) is 2.01.